The van der Waals surface area contributed by atoms with E-state index < -0.39 is 5.82 Å². The van der Waals surface area contributed by atoms with E-state index in [1.165, 1.54) is 12.1 Å². The molecule has 31 heavy (non-hydrogen) atoms. The van der Waals surface area contributed by atoms with E-state index in [1.54, 1.807) is 39.0 Å². The molecule has 0 aliphatic carbocycles. The molecule has 6 nitrogen and oxygen atoms in total. The summed E-state index contributed by atoms with van der Waals surface area (Å²) >= 11 is 6.20. The Hall–Kier alpha value is -3.19. The van der Waals surface area contributed by atoms with Crippen LogP contribution in [0.4, 0.5) is 4.39 Å². The fraction of sp³-hybridized carbons (Fsp3) is 0.261. The number of carbonyl (C=O) groups excluding carboxylic acids is 2. The minimum atomic E-state index is -0.532. The monoisotopic (exact) mass is 440 g/mol. The van der Waals surface area contributed by atoms with Crippen LogP contribution in [0.5, 0.6) is 0 Å². The van der Waals surface area contributed by atoms with Gasteiger partial charge in [0.05, 0.1) is 23.9 Å². The fourth-order valence-electron chi connectivity index (χ4n) is 3.67. The Kier molecular flexibility index (Phi) is 6.32. The van der Waals surface area contributed by atoms with Crippen molar-refractivity contribution >= 4 is 23.4 Å². The highest BCUT2D eigenvalue weighted by molar-refractivity contribution is 6.31. The van der Waals surface area contributed by atoms with E-state index >= 15 is 0 Å². The highest BCUT2D eigenvalue weighted by Crippen LogP contribution is 2.17. The largest absolute Gasteiger partial charge is 0.337 e. The molecule has 1 saturated heterocycles. The summed E-state index contributed by atoms with van der Waals surface area (Å²) in [4.78, 5) is 29.0. The molecular formula is C23H22ClFN4O2. The molecule has 1 aliphatic heterocycles. The molecule has 8 heteroatoms. The van der Waals surface area contributed by atoms with Crippen LogP contribution in [-0.4, -0.2) is 57.6 Å². The number of hydrogen-bond donors (Lipinski definition) is 0. The maximum Gasteiger partial charge on any atom is 0.257 e. The number of nitrogens with zero attached hydrogens (tertiary/aromatic N) is 4. The zero-order valence-corrected chi connectivity index (χ0v) is 17.6. The van der Waals surface area contributed by atoms with Crippen molar-refractivity contribution in [2.45, 2.75) is 13.0 Å². The number of aromatic nitrogens is 2. The van der Waals surface area contributed by atoms with Crippen LogP contribution in [0.15, 0.2) is 60.9 Å². The molecule has 0 N–H and O–H groups in total. The van der Waals surface area contributed by atoms with Crippen molar-refractivity contribution in [2.24, 2.45) is 0 Å². The minimum absolute atomic E-state index is 0.0584. The van der Waals surface area contributed by atoms with Gasteiger partial charge in [-0.25, -0.2) is 4.39 Å². The number of carbonyl (C=O) groups is 2. The first kappa shape index (κ1) is 21.1. The van der Waals surface area contributed by atoms with Crippen LogP contribution >= 0.6 is 11.6 Å². The molecule has 2 heterocycles. The van der Waals surface area contributed by atoms with Crippen LogP contribution in [0.1, 0.15) is 32.7 Å². The molecule has 0 saturated carbocycles. The molecule has 2 amide bonds. The fourth-order valence-corrected chi connectivity index (χ4v) is 3.87. The van der Waals surface area contributed by atoms with Crippen molar-refractivity contribution in [1.82, 2.24) is 19.6 Å². The van der Waals surface area contributed by atoms with Gasteiger partial charge >= 0.3 is 0 Å². The minimum Gasteiger partial charge on any atom is -0.337 e. The third kappa shape index (κ3) is 4.77. The first-order chi connectivity index (χ1) is 15.0. The van der Waals surface area contributed by atoms with Gasteiger partial charge in [-0.1, -0.05) is 41.9 Å². The molecule has 1 aliphatic rings. The lowest BCUT2D eigenvalue weighted by molar-refractivity contribution is 0.0716. The Labute approximate surface area is 184 Å². The predicted molar refractivity (Wildman–Crippen MR) is 116 cm³/mol. The number of benzene rings is 2. The highest BCUT2D eigenvalue weighted by Gasteiger charge is 2.25. The lowest BCUT2D eigenvalue weighted by atomic mass is 10.2. The lowest BCUT2D eigenvalue weighted by Gasteiger charge is -2.22. The summed E-state index contributed by atoms with van der Waals surface area (Å²) in [6, 6.07) is 13.5. The standard InChI is InChI=1S/C23H22ClFN4O2/c24-20-8-3-1-6-17(20)15-29-16-18(14-26-29)22(30)27-10-5-11-28(13-12-27)23(31)19-7-2-4-9-21(19)25/h1-4,6-9,14,16H,5,10-13,15H2. The lowest BCUT2D eigenvalue weighted by Crippen LogP contribution is -2.37. The Morgan fingerprint density at radius 3 is 2.35 bits per heavy atom. The topological polar surface area (TPSA) is 58.4 Å². The van der Waals surface area contributed by atoms with Crippen molar-refractivity contribution in [3.05, 3.63) is 88.5 Å². The number of hydrogen-bond acceptors (Lipinski definition) is 3. The Bertz CT molecular complexity index is 1100. The molecule has 1 fully saturated rings. The zero-order chi connectivity index (χ0) is 21.8. The van der Waals surface area contributed by atoms with E-state index in [0.717, 1.165) is 5.56 Å². The Morgan fingerprint density at radius 2 is 1.61 bits per heavy atom. The second-order valence-electron chi connectivity index (χ2n) is 7.44. The van der Waals surface area contributed by atoms with Crippen LogP contribution in [0, 0.1) is 5.82 Å². The summed E-state index contributed by atoms with van der Waals surface area (Å²) < 4.78 is 15.7. The Morgan fingerprint density at radius 1 is 0.935 bits per heavy atom. The van der Waals surface area contributed by atoms with E-state index in [4.69, 9.17) is 11.6 Å². The van der Waals surface area contributed by atoms with E-state index in [0.29, 0.717) is 49.7 Å². The van der Waals surface area contributed by atoms with Crippen LogP contribution in [0.3, 0.4) is 0 Å². The molecular weight excluding hydrogens is 419 g/mol. The van der Waals surface area contributed by atoms with Gasteiger partial charge in [0.2, 0.25) is 0 Å². The van der Waals surface area contributed by atoms with E-state index in [-0.39, 0.29) is 17.4 Å². The molecule has 0 bridgehead atoms. The average molecular weight is 441 g/mol. The summed E-state index contributed by atoms with van der Waals surface area (Å²) in [7, 11) is 0. The smallest absolute Gasteiger partial charge is 0.257 e. The third-order valence-electron chi connectivity index (χ3n) is 5.34. The molecule has 1 aromatic heterocycles. The Balaban J connectivity index is 1.40. The molecule has 0 atom stereocenters. The van der Waals surface area contributed by atoms with Gasteiger partial charge in [0.15, 0.2) is 0 Å². The normalized spacial score (nSPS) is 14.4. The molecule has 3 aromatic rings. The van der Waals surface area contributed by atoms with Crippen LogP contribution in [-0.2, 0) is 6.54 Å². The molecule has 0 radical (unpaired) electrons. The van der Waals surface area contributed by atoms with Gasteiger partial charge in [-0.15, -0.1) is 0 Å². The van der Waals surface area contributed by atoms with Gasteiger partial charge in [0, 0.05) is 37.4 Å². The van der Waals surface area contributed by atoms with E-state index in [2.05, 4.69) is 5.10 Å². The maximum atomic E-state index is 14.0. The summed E-state index contributed by atoms with van der Waals surface area (Å²) in [5.41, 5.74) is 1.47. The molecule has 2 aromatic carbocycles. The SMILES string of the molecule is O=C(c1cnn(Cc2ccccc2Cl)c1)N1CCCN(C(=O)c2ccccc2F)CC1. The second kappa shape index (κ2) is 9.31. The molecule has 4 rings (SSSR count). The van der Waals surface area contributed by atoms with Gasteiger partial charge in [0.25, 0.3) is 11.8 Å². The van der Waals surface area contributed by atoms with Crippen LogP contribution in [0.2, 0.25) is 5.02 Å². The first-order valence-electron chi connectivity index (χ1n) is 10.1. The van der Waals surface area contributed by atoms with Crippen molar-refractivity contribution < 1.29 is 14.0 Å². The molecule has 0 spiro atoms. The summed E-state index contributed by atoms with van der Waals surface area (Å²) in [5, 5.41) is 4.94. The van der Waals surface area contributed by atoms with Gasteiger partial charge < -0.3 is 9.80 Å². The maximum absolute atomic E-state index is 14.0. The van der Waals surface area contributed by atoms with Crippen LogP contribution in [0.25, 0.3) is 0 Å². The second-order valence-corrected chi connectivity index (χ2v) is 7.84. The summed E-state index contributed by atoms with van der Waals surface area (Å²) in [6.07, 6.45) is 3.88. The predicted octanol–water partition coefficient (Wildman–Crippen LogP) is 3.71. The highest BCUT2D eigenvalue weighted by atomic mass is 35.5. The average Bonchev–Trinajstić information content (AvgIpc) is 3.10. The van der Waals surface area contributed by atoms with Gasteiger partial charge in [-0.3, -0.25) is 14.3 Å². The zero-order valence-electron chi connectivity index (χ0n) is 16.9. The summed E-state index contributed by atoms with van der Waals surface area (Å²) in [5.74, 6) is -1.01. The molecule has 160 valence electrons. The van der Waals surface area contributed by atoms with Gasteiger partial charge in [0.1, 0.15) is 5.82 Å². The van der Waals surface area contributed by atoms with E-state index in [1.807, 2.05) is 24.3 Å². The van der Waals surface area contributed by atoms with Crippen molar-refractivity contribution in [3.8, 4) is 0 Å². The number of rotatable bonds is 4. The van der Waals surface area contributed by atoms with Crippen molar-refractivity contribution in [1.29, 1.82) is 0 Å². The quantitative estimate of drug-likeness (QED) is 0.621. The third-order valence-corrected chi connectivity index (χ3v) is 5.71. The molecule has 0 unspecified atom stereocenters. The van der Waals surface area contributed by atoms with E-state index in [9.17, 15) is 14.0 Å². The number of halogens is 2. The number of amides is 2. The van der Waals surface area contributed by atoms with Crippen molar-refractivity contribution in [3.63, 3.8) is 0 Å². The summed E-state index contributed by atoms with van der Waals surface area (Å²) in [6.45, 7) is 2.21. The van der Waals surface area contributed by atoms with Crippen molar-refractivity contribution in [2.75, 3.05) is 26.2 Å². The first-order valence-corrected chi connectivity index (χ1v) is 10.5. The van der Waals surface area contributed by atoms with Gasteiger partial charge in [-0.05, 0) is 30.2 Å². The van der Waals surface area contributed by atoms with Gasteiger partial charge in [-0.2, -0.15) is 5.10 Å². The van der Waals surface area contributed by atoms with Crippen LogP contribution < -0.4 is 0 Å².